The van der Waals surface area contributed by atoms with Crippen LogP contribution in [-0.4, -0.2) is 12.6 Å². The van der Waals surface area contributed by atoms with Crippen LogP contribution in [0, 0.1) is 17.8 Å². The molecule has 1 saturated carbocycles. The summed E-state index contributed by atoms with van der Waals surface area (Å²) in [5.74, 6) is 2.01. The molecule has 0 radical (unpaired) electrons. The van der Waals surface area contributed by atoms with E-state index in [4.69, 9.17) is 4.74 Å². The van der Waals surface area contributed by atoms with Crippen molar-refractivity contribution in [3.05, 3.63) is 0 Å². The Morgan fingerprint density at radius 1 is 1.38 bits per heavy atom. The van der Waals surface area contributed by atoms with Crippen molar-refractivity contribution in [1.82, 2.24) is 0 Å². The van der Waals surface area contributed by atoms with E-state index in [1.54, 1.807) is 0 Å². The van der Waals surface area contributed by atoms with Crippen LogP contribution in [0.4, 0.5) is 0 Å². The molecular weight excluding hydrogens is 164 g/mol. The molecule has 0 N–H and O–H groups in total. The first kappa shape index (κ1) is 10.6. The second kappa shape index (κ2) is 4.64. The smallest absolute Gasteiger partial charge is 0.302 e. The minimum absolute atomic E-state index is 0.147. The summed E-state index contributed by atoms with van der Waals surface area (Å²) in [5, 5.41) is 0. The third kappa shape index (κ3) is 3.37. The van der Waals surface area contributed by atoms with Gasteiger partial charge in [0.25, 0.3) is 0 Å². The third-order valence-corrected chi connectivity index (χ3v) is 3.11. The molecule has 0 aromatic rings. The molecule has 0 aliphatic heterocycles. The molecule has 13 heavy (non-hydrogen) atoms. The Hall–Kier alpha value is -0.530. The van der Waals surface area contributed by atoms with E-state index in [1.807, 2.05) is 0 Å². The minimum atomic E-state index is -0.147. The van der Waals surface area contributed by atoms with Gasteiger partial charge in [-0.2, -0.15) is 0 Å². The fourth-order valence-corrected chi connectivity index (χ4v) is 2.20. The average molecular weight is 184 g/mol. The van der Waals surface area contributed by atoms with E-state index in [0.29, 0.717) is 18.4 Å². The van der Waals surface area contributed by atoms with Gasteiger partial charge in [-0.15, -0.1) is 0 Å². The molecule has 3 unspecified atom stereocenters. The number of hydrogen-bond donors (Lipinski definition) is 0. The summed E-state index contributed by atoms with van der Waals surface area (Å²) in [4.78, 5) is 10.6. The van der Waals surface area contributed by atoms with Crippen LogP contribution in [0.1, 0.15) is 40.0 Å². The van der Waals surface area contributed by atoms with Crippen LogP contribution in [0.5, 0.6) is 0 Å². The monoisotopic (exact) mass is 184 g/mol. The molecule has 0 bridgehead atoms. The van der Waals surface area contributed by atoms with E-state index >= 15 is 0 Å². The summed E-state index contributed by atoms with van der Waals surface area (Å²) >= 11 is 0. The molecule has 0 amide bonds. The van der Waals surface area contributed by atoms with Crippen LogP contribution in [0.2, 0.25) is 0 Å². The first-order valence-corrected chi connectivity index (χ1v) is 5.23. The van der Waals surface area contributed by atoms with E-state index in [1.165, 1.54) is 26.2 Å². The van der Waals surface area contributed by atoms with Crippen molar-refractivity contribution in [2.24, 2.45) is 17.8 Å². The van der Waals surface area contributed by atoms with E-state index < -0.39 is 0 Å². The highest BCUT2D eigenvalue weighted by Crippen LogP contribution is 2.33. The maximum Gasteiger partial charge on any atom is 0.302 e. The summed E-state index contributed by atoms with van der Waals surface area (Å²) in [7, 11) is 0. The third-order valence-electron chi connectivity index (χ3n) is 3.11. The van der Waals surface area contributed by atoms with Gasteiger partial charge in [0, 0.05) is 6.92 Å². The molecule has 0 spiro atoms. The maximum atomic E-state index is 10.6. The summed E-state index contributed by atoms with van der Waals surface area (Å²) in [5.41, 5.74) is 0. The van der Waals surface area contributed by atoms with Crippen LogP contribution in [0.25, 0.3) is 0 Å². The lowest BCUT2D eigenvalue weighted by Gasteiger charge is -2.31. The predicted octanol–water partition coefficient (Wildman–Crippen LogP) is 2.62. The fourth-order valence-electron chi connectivity index (χ4n) is 2.20. The van der Waals surface area contributed by atoms with E-state index in [9.17, 15) is 4.79 Å². The summed E-state index contributed by atoms with van der Waals surface area (Å²) < 4.78 is 5.05. The van der Waals surface area contributed by atoms with Gasteiger partial charge in [0.1, 0.15) is 0 Å². The highest BCUT2D eigenvalue weighted by molar-refractivity contribution is 5.65. The minimum Gasteiger partial charge on any atom is -0.466 e. The number of carbonyl (C=O) groups excluding carboxylic acids is 1. The van der Waals surface area contributed by atoms with Gasteiger partial charge in [0.2, 0.25) is 0 Å². The van der Waals surface area contributed by atoms with Gasteiger partial charge in [-0.25, -0.2) is 0 Å². The molecule has 1 aliphatic carbocycles. The molecule has 2 heteroatoms. The van der Waals surface area contributed by atoms with Gasteiger partial charge in [-0.3, -0.25) is 4.79 Å². The van der Waals surface area contributed by atoms with Crippen LogP contribution in [0.15, 0.2) is 0 Å². The zero-order chi connectivity index (χ0) is 9.84. The lowest BCUT2D eigenvalue weighted by atomic mass is 9.76. The Morgan fingerprint density at radius 3 is 2.62 bits per heavy atom. The van der Waals surface area contributed by atoms with Crippen molar-refractivity contribution in [2.45, 2.75) is 40.0 Å². The van der Waals surface area contributed by atoms with Gasteiger partial charge >= 0.3 is 5.97 Å². The lowest BCUT2D eigenvalue weighted by Crippen LogP contribution is -2.26. The lowest BCUT2D eigenvalue weighted by molar-refractivity contribution is -0.143. The van der Waals surface area contributed by atoms with Crippen molar-refractivity contribution in [3.8, 4) is 0 Å². The first-order chi connectivity index (χ1) is 6.09. The number of esters is 1. The van der Waals surface area contributed by atoms with E-state index in [-0.39, 0.29) is 5.97 Å². The van der Waals surface area contributed by atoms with E-state index in [0.717, 1.165) is 5.92 Å². The Morgan fingerprint density at radius 2 is 2.08 bits per heavy atom. The van der Waals surface area contributed by atoms with Crippen LogP contribution in [-0.2, 0) is 9.53 Å². The molecule has 0 aromatic carbocycles. The van der Waals surface area contributed by atoms with Gasteiger partial charge in [0.05, 0.1) is 6.61 Å². The zero-order valence-electron chi connectivity index (χ0n) is 8.88. The molecule has 1 aliphatic rings. The Balaban J connectivity index is 2.29. The molecule has 0 aromatic heterocycles. The Labute approximate surface area is 80.7 Å². The van der Waals surface area contributed by atoms with Crippen LogP contribution in [0.3, 0.4) is 0 Å². The van der Waals surface area contributed by atoms with Crippen LogP contribution < -0.4 is 0 Å². The quantitative estimate of drug-likeness (QED) is 0.617. The number of rotatable bonds is 2. The van der Waals surface area contributed by atoms with Crippen LogP contribution >= 0.6 is 0 Å². The van der Waals surface area contributed by atoms with Crippen molar-refractivity contribution in [1.29, 1.82) is 0 Å². The van der Waals surface area contributed by atoms with Crippen molar-refractivity contribution in [2.75, 3.05) is 6.61 Å². The first-order valence-electron chi connectivity index (χ1n) is 5.23. The number of hydrogen-bond acceptors (Lipinski definition) is 2. The summed E-state index contributed by atoms with van der Waals surface area (Å²) in [6.07, 6.45) is 3.79. The molecule has 1 fully saturated rings. The van der Waals surface area contributed by atoms with E-state index in [2.05, 4.69) is 13.8 Å². The van der Waals surface area contributed by atoms with Crippen molar-refractivity contribution in [3.63, 3.8) is 0 Å². The Bertz CT molecular complexity index is 177. The second-order valence-corrected chi connectivity index (χ2v) is 4.46. The largest absolute Gasteiger partial charge is 0.466 e. The number of carbonyl (C=O) groups is 1. The molecule has 2 nitrogen and oxygen atoms in total. The van der Waals surface area contributed by atoms with Gasteiger partial charge < -0.3 is 4.74 Å². The van der Waals surface area contributed by atoms with Gasteiger partial charge in [-0.05, 0) is 30.6 Å². The molecule has 0 saturated heterocycles. The van der Waals surface area contributed by atoms with Gasteiger partial charge in [-0.1, -0.05) is 20.3 Å². The normalized spacial score (nSPS) is 34.2. The highest BCUT2D eigenvalue weighted by atomic mass is 16.5. The molecule has 3 atom stereocenters. The molecular formula is C11H20O2. The standard InChI is InChI=1S/C11H20O2/c1-8-4-5-11(9(2)6-8)7-13-10(3)12/h8-9,11H,4-7H2,1-3H3. The summed E-state index contributed by atoms with van der Waals surface area (Å²) in [6.45, 7) is 6.68. The predicted molar refractivity (Wildman–Crippen MR) is 52.3 cm³/mol. The fraction of sp³-hybridized carbons (Fsp3) is 0.909. The zero-order valence-corrected chi connectivity index (χ0v) is 8.88. The second-order valence-electron chi connectivity index (χ2n) is 4.46. The Kier molecular flexibility index (Phi) is 3.76. The molecule has 76 valence electrons. The SMILES string of the molecule is CC(=O)OCC1CCC(C)CC1C. The van der Waals surface area contributed by atoms with Crippen molar-refractivity contribution >= 4 is 5.97 Å². The maximum absolute atomic E-state index is 10.6. The van der Waals surface area contributed by atoms with Crippen molar-refractivity contribution < 1.29 is 9.53 Å². The average Bonchev–Trinajstić information content (AvgIpc) is 2.02. The highest BCUT2D eigenvalue weighted by Gasteiger charge is 2.25. The molecule has 0 heterocycles. The summed E-state index contributed by atoms with van der Waals surface area (Å²) in [6, 6.07) is 0. The number of ether oxygens (including phenoxy) is 1. The molecule has 1 rings (SSSR count). The topological polar surface area (TPSA) is 26.3 Å². The van der Waals surface area contributed by atoms with Gasteiger partial charge in [0.15, 0.2) is 0 Å².